The van der Waals surface area contributed by atoms with E-state index in [1.807, 2.05) is 0 Å². The van der Waals surface area contributed by atoms with Gasteiger partial charge in [0.05, 0.1) is 18.5 Å². The first-order valence-corrected chi connectivity index (χ1v) is 5.83. The van der Waals surface area contributed by atoms with E-state index in [-0.39, 0.29) is 13.1 Å². The lowest BCUT2D eigenvalue weighted by Crippen LogP contribution is -2.71. The fraction of sp³-hybridized carbons (Fsp3) is 0.833. The van der Waals surface area contributed by atoms with Gasteiger partial charge in [0.1, 0.15) is 11.2 Å². The lowest BCUT2D eigenvalue weighted by Gasteiger charge is -2.52. The number of likely N-dealkylation sites (tertiary alicyclic amines) is 1. The predicted octanol–water partition coefficient (Wildman–Crippen LogP) is 1.08. The Bertz CT molecular complexity index is 363. The number of carboxylic acid groups (broad SMARTS) is 1. The molecule has 0 saturated carbocycles. The Kier molecular flexibility index (Phi) is 3.38. The van der Waals surface area contributed by atoms with Crippen LogP contribution in [0.4, 0.5) is 4.79 Å². The number of hydrogen-bond donors (Lipinski definition) is 2. The summed E-state index contributed by atoms with van der Waals surface area (Å²) >= 11 is 0. The minimum absolute atomic E-state index is 0.0266. The summed E-state index contributed by atoms with van der Waals surface area (Å²) in [5.74, 6) is -1.09. The molecule has 0 radical (unpaired) electrons. The van der Waals surface area contributed by atoms with Crippen molar-refractivity contribution in [1.29, 1.82) is 0 Å². The van der Waals surface area contributed by atoms with Crippen molar-refractivity contribution >= 4 is 12.1 Å². The Balaban J connectivity index is 2.63. The topological polar surface area (TPSA) is 87.1 Å². The predicted molar refractivity (Wildman–Crippen MR) is 64.2 cm³/mol. The molecule has 1 amide bonds. The Labute approximate surface area is 107 Å². The van der Waals surface area contributed by atoms with Gasteiger partial charge in [-0.2, -0.15) is 0 Å². The maximum Gasteiger partial charge on any atom is 0.410 e. The number of rotatable bonds is 2. The number of hydrogen-bond acceptors (Lipinski definition) is 4. The number of nitrogens with zero attached hydrogens (tertiary/aromatic N) is 1. The largest absolute Gasteiger partial charge is 0.481 e. The van der Waals surface area contributed by atoms with Gasteiger partial charge < -0.3 is 19.8 Å². The molecule has 0 aliphatic carbocycles. The van der Waals surface area contributed by atoms with Crippen molar-refractivity contribution in [3.63, 3.8) is 0 Å². The van der Waals surface area contributed by atoms with Crippen molar-refractivity contribution in [2.45, 2.75) is 45.8 Å². The fourth-order valence-corrected chi connectivity index (χ4v) is 1.64. The normalized spacial score (nSPS) is 19.1. The number of carboxylic acids is 1. The van der Waals surface area contributed by atoms with E-state index < -0.39 is 28.7 Å². The van der Waals surface area contributed by atoms with E-state index >= 15 is 0 Å². The number of aliphatic hydroxyl groups is 1. The molecule has 0 atom stereocenters. The van der Waals surface area contributed by atoms with E-state index in [1.165, 1.54) is 18.7 Å². The van der Waals surface area contributed by atoms with Crippen molar-refractivity contribution in [2.75, 3.05) is 13.1 Å². The molecule has 0 bridgehead atoms. The molecule has 18 heavy (non-hydrogen) atoms. The first kappa shape index (κ1) is 14.8. The molecule has 1 rings (SSSR count). The van der Waals surface area contributed by atoms with E-state index in [0.29, 0.717) is 0 Å². The van der Waals surface area contributed by atoms with Crippen LogP contribution in [-0.2, 0) is 9.53 Å². The molecule has 0 aromatic rings. The number of aliphatic carboxylic acids is 1. The van der Waals surface area contributed by atoms with Gasteiger partial charge in [-0.1, -0.05) is 0 Å². The number of β-amino-alcohol motifs (C(OH)–C–C–N with tert-alkyl or cyclic N) is 1. The van der Waals surface area contributed by atoms with Crippen LogP contribution < -0.4 is 0 Å². The highest BCUT2D eigenvalue weighted by atomic mass is 16.6. The molecule has 1 aliphatic rings. The van der Waals surface area contributed by atoms with E-state index in [0.717, 1.165) is 0 Å². The van der Waals surface area contributed by atoms with Gasteiger partial charge in [0.2, 0.25) is 0 Å². The molecule has 6 heteroatoms. The first-order valence-electron chi connectivity index (χ1n) is 5.83. The summed E-state index contributed by atoms with van der Waals surface area (Å²) in [6.45, 7) is 8.08. The molecule has 6 nitrogen and oxygen atoms in total. The summed E-state index contributed by atoms with van der Waals surface area (Å²) in [7, 11) is 0. The third kappa shape index (κ3) is 2.58. The van der Waals surface area contributed by atoms with Gasteiger partial charge in [-0.3, -0.25) is 4.79 Å². The Hall–Kier alpha value is -1.30. The van der Waals surface area contributed by atoms with Crippen LogP contribution in [0.2, 0.25) is 0 Å². The highest BCUT2D eigenvalue weighted by Gasteiger charge is 2.58. The molecule has 1 aliphatic heterocycles. The highest BCUT2D eigenvalue weighted by molar-refractivity contribution is 5.77. The third-order valence-corrected chi connectivity index (χ3v) is 3.25. The SMILES string of the molecule is CC(C)(C)OC(=O)N1CC(O)(C(C)(C)C(=O)O)C1. The van der Waals surface area contributed by atoms with Crippen LogP contribution in [0.15, 0.2) is 0 Å². The second kappa shape index (κ2) is 4.12. The monoisotopic (exact) mass is 259 g/mol. The van der Waals surface area contributed by atoms with Crippen LogP contribution in [-0.4, -0.2) is 51.5 Å². The molecular formula is C12H21NO5. The average molecular weight is 259 g/mol. The van der Waals surface area contributed by atoms with E-state index in [2.05, 4.69) is 0 Å². The number of amides is 1. The zero-order chi connectivity index (χ0) is 14.4. The van der Waals surface area contributed by atoms with Crippen LogP contribution in [0.1, 0.15) is 34.6 Å². The van der Waals surface area contributed by atoms with Gasteiger partial charge in [-0.15, -0.1) is 0 Å². The van der Waals surface area contributed by atoms with Gasteiger partial charge in [0, 0.05) is 0 Å². The molecule has 2 N–H and O–H groups in total. The van der Waals surface area contributed by atoms with Crippen molar-refractivity contribution in [3.05, 3.63) is 0 Å². The second-order valence-electron chi connectivity index (χ2n) is 6.30. The zero-order valence-corrected chi connectivity index (χ0v) is 11.5. The third-order valence-electron chi connectivity index (χ3n) is 3.25. The van der Waals surface area contributed by atoms with Crippen molar-refractivity contribution in [2.24, 2.45) is 5.41 Å². The maximum absolute atomic E-state index is 11.7. The fourth-order valence-electron chi connectivity index (χ4n) is 1.64. The summed E-state index contributed by atoms with van der Waals surface area (Å²) < 4.78 is 5.14. The van der Waals surface area contributed by atoms with Crippen molar-refractivity contribution in [3.8, 4) is 0 Å². The summed E-state index contributed by atoms with van der Waals surface area (Å²) in [6, 6.07) is 0. The quantitative estimate of drug-likeness (QED) is 0.774. The molecular weight excluding hydrogens is 238 g/mol. The van der Waals surface area contributed by atoms with Gasteiger partial charge in [-0.25, -0.2) is 4.79 Å². The van der Waals surface area contributed by atoms with Gasteiger partial charge in [-0.05, 0) is 34.6 Å². The molecule has 1 fully saturated rings. The molecule has 0 aromatic carbocycles. The lowest BCUT2D eigenvalue weighted by molar-refractivity contribution is -0.189. The van der Waals surface area contributed by atoms with Gasteiger partial charge >= 0.3 is 12.1 Å². The molecule has 1 heterocycles. The minimum atomic E-state index is -1.41. The Morgan fingerprint density at radius 2 is 1.61 bits per heavy atom. The van der Waals surface area contributed by atoms with E-state index in [1.54, 1.807) is 20.8 Å². The lowest BCUT2D eigenvalue weighted by atomic mass is 9.70. The van der Waals surface area contributed by atoms with Crippen LogP contribution in [0.3, 0.4) is 0 Å². The molecule has 1 saturated heterocycles. The Morgan fingerprint density at radius 1 is 1.17 bits per heavy atom. The number of ether oxygens (including phenoxy) is 1. The van der Waals surface area contributed by atoms with E-state index in [4.69, 9.17) is 9.84 Å². The molecule has 0 spiro atoms. The van der Waals surface area contributed by atoms with Crippen molar-refractivity contribution < 1.29 is 24.5 Å². The Morgan fingerprint density at radius 3 is 1.94 bits per heavy atom. The van der Waals surface area contributed by atoms with Crippen molar-refractivity contribution in [1.82, 2.24) is 4.90 Å². The van der Waals surface area contributed by atoms with Crippen LogP contribution >= 0.6 is 0 Å². The van der Waals surface area contributed by atoms with Crippen LogP contribution in [0.5, 0.6) is 0 Å². The summed E-state index contributed by atoms with van der Waals surface area (Å²) in [5, 5.41) is 19.3. The zero-order valence-electron chi connectivity index (χ0n) is 11.5. The summed E-state index contributed by atoms with van der Waals surface area (Å²) in [4.78, 5) is 24.0. The minimum Gasteiger partial charge on any atom is -0.481 e. The average Bonchev–Trinajstić information content (AvgIpc) is 2.09. The van der Waals surface area contributed by atoms with E-state index in [9.17, 15) is 14.7 Å². The van der Waals surface area contributed by atoms with Crippen LogP contribution in [0.25, 0.3) is 0 Å². The second-order valence-corrected chi connectivity index (χ2v) is 6.30. The number of carbonyl (C=O) groups excluding carboxylic acids is 1. The molecule has 0 aromatic heterocycles. The molecule has 104 valence electrons. The smallest absolute Gasteiger partial charge is 0.410 e. The standard InChI is InChI=1S/C12H21NO5/c1-10(2,3)18-9(16)13-6-12(17,7-13)11(4,5)8(14)15/h17H,6-7H2,1-5H3,(H,14,15). The molecule has 0 unspecified atom stereocenters. The summed E-state index contributed by atoms with van der Waals surface area (Å²) in [6.07, 6.45) is -0.534. The first-order chi connectivity index (χ1) is 7.89. The number of carbonyl (C=O) groups is 2. The highest BCUT2D eigenvalue weighted by Crippen LogP contribution is 2.39. The van der Waals surface area contributed by atoms with Gasteiger partial charge in [0.15, 0.2) is 0 Å². The van der Waals surface area contributed by atoms with Gasteiger partial charge in [0.25, 0.3) is 0 Å². The summed E-state index contributed by atoms with van der Waals surface area (Å²) in [5.41, 5.74) is -3.31. The van der Waals surface area contributed by atoms with Crippen LogP contribution in [0, 0.1) is 5.41 Å². The maximum atomic E-state index is 11.7.